The Bertz CT molecular complexity index is 388. The van der Waals surface area contributed by atoms with Crippen LogP contribution in [0.2, 0.25) is 5.02 Å². The van der Waals surface area contributed by atoms with Crippen LogP contribution in [0.15, 0.2) is 6.07 Å². The molecule has 1 aromatic carbocycles. The van der Waals surface area contributed by atoms with Gasteiger partial charge in [-0.05, 0) is 44.0 Å². The van der Waals surface area contributed by atoms with Crippen molar-refractivity contribution in [3.05, 3.63) is 27.8 Å². The van der Waals surface area contributed by atoms with Crippen molar-refractivity contribution in [2.75, 3.05) is 13.7 Å². The standard InChI is InChI=1S/C14H22ClNO/c1-9(2)8-17-13-6-10(3)14(15)11(4)12(13)7-16-5/h6,9,16H,7-8H2,1-5H3. The molecule has 2 nitrogen and oxygen atoms in total. The molecule has 96 valence electrons. The van der Waals surface area contributed by atoms with Gasteiger partial charge in [-0.3, -0.25) is 0 Å². The van der Waals surface area contributed by atoms with Crippen molar-refractivity contribution in [2.45, 2.75) is 34.2 Å². The number of benzene rings is 1. The zero-order valence-electron chi connectivity index (χ0n) is 11.4. The normalized spacial score (nSPS) is 11.0. The second kappa shape index (κ2) is 6.27. The first-order valence-electron chi connectivity index (χ1n) is 6.03. The highest BCUT2D eigenvalue weighted by Crippen LogP contribution is 2.31. The molecule has 0 fully saturated rings. The molecule has 0 unspecified atom stereocenters. The highest BCUT2D eigenvalue weighted by Gasteiger charge is 2.12. The zero-order valence-corrected chi connectivity index (χ0v) is 12.1. The predicted octanol–water partition coefficient (Wildman–Crippen LogP) is 3.71. The molecular formula is C14H22ClNO. The van der Waals surface area contributed by atoms with Gasteiger partial charge in [-0.2, -0.15) is 0 Å². The van der Waals surface area contributed by atoms with Gasteiger partial charge >= 0.3 is 0 Å². The van der Waals surface area contributed by atoms with Crippen LogP contribution in [0.25, 0.3) is 0 Å². The van der Waals surface area contributed by atoms with Crippen molar-refractivity contribution < 1.29 is 4.74 Å². The van der Waals surface area contributed by atoms with E-state index in [4.69, 9.17) is 16.3 Å². The summed E-state index contributed by atoms with van der Waals surface area (Å²) in [5.74, 6) is 1.47. The second-order valence-corrected chi connectivity index (χ2v) is 5.22. The molecule has 0 aliphatic rings. The monoisotopic (exact) mass is 255 g/mol. The van der Waals surface area contributed by atoms with E-state index in [2.05, 4.69) is 19.2 Å². The molecule has 0 amide bonds. The van der Waals surface area contributed by atoms with Gasteiger partial charge in [0.05, 0.1) is 6.61 Å². The average Bonchev–Trinajstić information content (AvgIpc) is 2.27. The van der Waals surface area contributed by atoms with Crippen LogP contribution in [0.4, 0.5) is 0 Å². The summed E-state index contributed by atoms with van der Waals surface area (Å²) in [5.41, 5.74) is 3.34. The fraction of sp³-hybridized carbons (Fsp3) is 0.571. The molecule has 3 heteroatoms. The van der Waals surface area contributed by atoms with Gasteiger partial charge in [0.15, 0.2) is 0 Å². The largest absolute Gasteiger partial charge is 0.493 e. The second-order valence-electron chi connectivity index (χ2n) is 4.84. The molecular weight excluding hydrogens is 234 g/mol. The molecule has 17 heavy (non-hydrogen) atoms. The molecule has 1 N–H and O–H groups in total. The van der Waals surface area contributed by atoms with Crippen molar-refractivity contribution in [1.29, 1.82) is 0 Å². The molecule has 0 aliphatic carbocycles. The number of halogens is 1. The van der Waals surface area contributed by atoms with E-state index in [9.17, 15) is 0 Å². The lowest BCUT2D eigenvalue weighted by atomic mass is 10.0. The van der Waals surface area contributed by atoms with Crippen molar-refractivity contribution in [3.8, 4) is 5.75 Å². The molecule has 0 radical (unpaired) electrons. The number of hydrogen-bond acceptors (Lipinski definition) is 2. The Hall–Kier alpha value is -0.730. The van der Waals surface area contributed by atoms with Crippen molar-refractivity contribution >= 4 is 11.6 Å². The van der Waals surface area contributed by atoms with Gasteiger partial charge in [-0.1, -0.05) is 25.4 Å². The summed E-state index contributed by atoms with van der Waals surface area (Å²) in [4.78, 5) is 0. The third-order valence-corrected chi connectivity index (χ3v) is 3.28. The molecule has 0 heterocycles. The van der Waals surface area contributed by atoms with Gasteiger partial charge in [-0.15, -0.1) is 0 Å². The Balaban J connectivity index is 3.08. The highest BCUT2D eigenvalue weighted by molar-refractivity contribution is 6.32. The number of nitrogens with one attached hydrogen (secondary N) is 1. The minimum atomic E-state index is 0.522. The Kier molecular flexibility index (Phi) is 5.29. The molecule has 0 atom stereocenters. The quantitative estimate of drug-likeness (QED) is 0.866. The van der Waals surface area contributed by atoms with Crippen LogP contribution in [0.5, 0.6) is 5.75 Å². The number of aryl methyl sites for hydroxylation is 1. The summed E-state index contributed by atoms with van der Waals surface area (Å²) in [6, 6.07) is 2.03. The van der Waals surface area contributed by atoms with Gasteiger partial charge < -0.3 is 10.1 Å². The maximum Gasteiger partial charge on any atom is 0.124 e. The van der Waals surface area contributed by atoms with Gasteiger partial charge in [0, 0.05) is 17.1 Å². The Morgan fingerprint density at radius 1 is 1.35 bits per heavy atom. The lowest BCUT2D eigenvalue weighted by molar-refractivity contribution is 0.268. The van der Waals surface area contributed by atoms with Gasteiger partial charge in [0.1, 0.15) is 5.75 Å². The van der Waals surface area contributed by atoms with Crippen LogP contribution in [-0.4, -0.2) is 13.7 Å². The third-order valence-electron chi connectivity index (χ3n) is 2.70. The molecule has 0 bridgehead atoms. The molecule has 0 saturated carbocycles. The van der Waals surface area contributed by atoms with Crippen LogP contribution in [0.3, 0.4) is 0 Å². The lowest BCUT2D eigenvalue weighted by Gasteiger charge is -2.17. The highest BCUT2D eigenvalue weighted by atomic mass is 35.5. The van der Waals surface area contributed by atoms with E-state index in [-0.39, 0.29) is 0 Å². The van der Waals surface area contributed by atoms with Gasteiger partial charge in [0.2, 0.25) is 0 Å². The van der Waals surface area contributed by atoms with E-state index in [0.717, 1.165) is 40.6 Å². The fourth-order valence-electron chi connectivity index (χ4n) is 1.74. The van der Waals surface area contributed by atoms with Crippen LogP contribution in [0, 0.1) is 19.8 Å². The molecule has 1 rings (SSSR count). The van der Waals surface area contributed by atoms with Gasteiger partial charge in [0.25, 0.3) is 0 Å². The van der Waals surface area contributed by atoms with Crippen molar-refractivity contribution in [1.82, 2.24) is 5.32 Å². The summed E-state index contributed by atoms with van der Waals surface area (Å²) < 4.78 is 5.87. The maximum absolute atomic E-state index is 6.27. The number of ether oxygens (including phenoxy) is 1. The molecule has 0 aliphatic heterocycles. The van der Waals surface area contributed by atoms with Crippen molar-refractivity contribution in [3.63, 3.8) is 0 Å². The van der Waals surface area contributed by atoms with Crippen LogP contribution in [0.1, 0.15) is 30.5 Å². The Morgan fingerprint density at radius 3 is 2.53 bits per heavy atom. The predicted molar refractivity (Wildman–Crippen MR) is 74.0 cm³/mol. The fourth-order valence-corrected chi connectivity index (χ4v) is 1.91. The summed E-state index contributed by atoms with van der Waals surface area (Å²) >= 11 is 6.27. The summed E-state index contributed by atoms with van der Waals surface area (Å²) in [5, 5.41) is 4.00. The smallest absolute Gasteiger partial charge is 0.124 e. The number of rotatable bonds is 5. The lowest BCUT2D eigenvalue weighted by Crippen LogP contribution is -2.12. The molecule has 0 saturated heterocycles. The van der Waals surface area contributed by atoms with Crippen LogP contribution >= 0.6 is 11.6 Å². The summed E-state index contributed by atoms with van der Waals surface area (Å²) in [6.45, 7) is 9.86. The van der Waals surface area contributed by atoms with E-state index in [0.29, 0.717) is 5.92 Å². The average molecular weight is 256 g/mol. The Morgan fingerprint density at radius 2 is 2.00 bits per heavy atom. The van der Waals surface area contributed by atoms with Crippen LogP contribution < -0.4 is 10.1 Å². The van der Waals surface area contributed by atoms with Crippen LogP contribution in [-0.2, 0) is 6.54 Å². The first-order chi connectivity index (χ1) is 7.97. The minimum Gasteiger partial charge on any atom is -0.493 e. The zero-order chi connectivity index (χ0) is 13.0. The molecule has 0 aromatic heterocycles. The SMILES string of the molecule is CNCc1c(OCC(C)C)cc(C)c(Cl)c1C. The van der Waals surface area contributed by atoms with E-state index >= 15 is 0 Å². The van der Waals surface area contributed by atoms with E-state index in [1.165, 1.54) is 0 Å². The first kappa shape index (κ1) is 14.3. The topological polar surface area (TPSA) is 21.3 Å². The molecule has 0 spiro atoms. The first-order valence-corrected chi connectivity index (χ1v) is 6.41. The minimum absolute atomic E-state index is 0.522. The third kappa shape index (κ3) is 3.62. The summed E-state index contributed by atoms with van der Waals surface area (Å²) in [7, 11) is 1.93. The van der Waals surface area contributed by atoms with Gasteiger partial charge in [-0.25, -0.2) is 0 Å². The maximum atomic E-state index is 6.27. The van der Waals surface area contributed by atoms with E-state index < -0.39 is 0 Å². The molecule has 1 aromatic rings. The number of hydrogen-bond donors (Lipinski definition) is 1. The Labute approximate surface area is 109 Å². The van der Waals surface area contributed by atoms with E-state index in [1.54, 1.807) is 0 Å². The summed E-state index contributed by atoms with van der Waals surface area (Å²) in [6.07, 6.45) is 0. The van der Waals surface area contributed by atoms with E-state index in [1.807, 2.05) is 27.0 Å². The van der Waals surface area contributed by atoms with Crippen molar-refractivity contribution in [2.24, 2.45) is 5.92 Å².